The van der Waals surface area contributed by atoms with Gasteiger partial charge in [0.2, 0.25) is 0 Å². The van der Waals surface area contributed by atoms with Gasteiger partial charge in [-0.05, 0) is 51.6 Å². The second-order valence-corrected chi connectivity index (χ2v) is 9.32. The molecule has 0 aromatic carbocycles. The fraction of sp³-hybridized carbons (Fsp3) is 1.00. The molecule has 0 aromatic rings. The summed E-state index contributed by atoms with van der Waals surface area (Å²) in [5, 5.41) is 0. The van der Waals surface area contributed by atoms with Crippen molar-refractivity contribution < 1.29 is 8.42 Å². The van der Waals surface area contributed by atoms with Crippen molar-refractivity contribution in [3.8, 4) is 0 Å². The van der Waals surface area contributed by atoms with Crippen LogP contribution in [0, 0.1) is 0 Å². The lowest BCUT2D eigenvalue weighted by Crippen LogP contribution is -2.59. The van der Waals surface area contributed by atoms with Crippen LogP contribution in [0.4, 0.5) is 0 Å². The van der Waals surface area contributed by atoms with Crippen molar-refractivity contribution in [3.05, 3.63) is 0 Å². The van der Waals surface area contributed by atoms with Crippen LogP contribution < -0.4 is 5.73 Å². The molecule has 2 rings (SSSR count). The van der Waals surface area contributed by atoms with Crippen LogP contribution in [-0.4, -0.2) is 49.5 Å². The first kappa shape index (κ1) is 17.2. The van der Waals surface area contributed by atoms with Gasteiger partial charge in [-0.2, -0.15) is 0 Å². The van der Waals surface area contributed by atoms with E-state index >= 15 is 0 Å². The predicted molar refractivity (Wildman–Crippen MR) is 88.2 cm³/mol. The summed E-state index contributed by atoms with van der Waals surface area (Å²) < 4.78 is 23.3. The maximum atomic E-state index is 11.6. The lowest BCUT2D eigenvalue weighted by atomic mass is 9.83. The highest BCUT2D eigenvalue weighted by Gasteiger charge is 2.44. The number of nitrogens with zero attached hydrogens (tertiary/aromatic N) is 1. The van der Waals surface area contributed by atoms with Gasteiger partial charge in [0.15, 0.2) is 0 Å². The van der Waals surface area contributed by atoms with Gasteiger partial charge < -0.3 is 5.73 Å². The summed E-state index contributed by atoms with van der Waals surface area (Å²) in [6.45, 7) is 4.09. The molecule has 5 heteroatoms. The van der Waals surface area contributed by atoms with Crippen LogP contribution in [0.15, 0.2) is 0 Å². The van der Waals surface area contributed by atoms with E-state index in [-0.39, 0.29) is 17.3 Å². The van der Waals surface area contributed by atoms with Crippen molar-refractivity contribution in [2.45, 2.75) is 76.3 Å². The molecule has 0 amide bonds. The van der Waals surface area contributed by atoms with Gasteiger partial charge in [-0.3, -0.25) is 4.90 Å². The highest BCUT2D eigenvalue weighted by atomic mass is 32.2. The lowest BCUT2D eigenvalue weighted by Gasteiger charge is -2.47. The van der Waals surface area contributed by atoms with Crippen molar-refractivity contribution in [2.75, 3.05) is 24.6 Å². The fourth-order valence-electron chi connectivity index (χ4n) is 4.18. The summed E-state index contributed by atoms with van der Waals surface area (Å²) in [5.41, 5.74) is 6.74. The summed E-state index contributed by atoms with van der Waals surface area (Å²) in [6.07, 6.45) is 10.4. The van der Waals surface area contributed by atoms with Crippen LogP contribution in [0.5, 0.6) is 0 Å². The Balaban J connectivity index is 1.94. The maximum absolute atomic E-state index is 11.6. The molecule has 2 N–H and O–H groups in total. The molecule has 0 aromatic heterocycles. The molecule has 0 radical (unpaired) electrons. The average Bonchev–Trinajstić information content (AvgIpc) is 2.99. The zero-order valence-corrected chi connectivity index (χ0v) is 14.3. The van der Waals surface area contributed by atoms with Crippen molar-refractivity contribution >= 4 is 9.84 Å². The van der Waals surface area contributed by atoms with Crippen molar-refractivity contribution in [3.63, 3.8) is 0 Å². The maximum Gasteiger partial charge on any atom is 0.150 e. The Bertz CT molecular complexity index is 410. The average molecular weight is 317 g/mol. The van der Waals surface area contributed by atoms with Crippen LogP contribution >= 0.6 is 0 Å². The molecular formula is C16H32N2O2S. The van der Waals surface area contributed by atoms with Crippen LogP contribution in [0.3, 0.4) is 0 Å². The van der Waals surface area contributed by atoms with E-state index in [0.29, 0.717) is 12.2 Å². The summed E-state index contributed by atoms with van der Waals surface area (Å²) >= 11 is 0. The summed E-state index contributed by atoms with van der Waals surface area (Å²) in [4.78, 5) is 2.64. The van der Waals surface area contributed by atoms with E-state index in [2.05, 4.69) is 4.90 Å². The molecule has 4 nitrogen and oxygen atoms in total. The van der Waals surface area contributed by atoms with Gasteiger partial charge in [0.05, 0.1) is 5.75 Å². The van der Waals surface area contributed by atoms with E-state index in [4.69, 9.17) is 5.73 Å². The number of hydrogen-bond donors (Lipinski definition) is 1. The number of hydrogen-bond acceptors (Lipinski definition) is 4. The fourth-order valence-corrected chi connectivity index (χ4v) is 5.08. The summed E-state index contributed by atoms with van der Waals surface area (Å²) in [7, 11) is -2.85. The number of rotatable bonds is 7. The molecule has 1 aliphatic heterocycles. The van der Waals surface area contributed by atoms with Gasteiger partial charge >= 0.3 is 0 Å². The van der Waals surface area contributed by atoms with Gasteiger partial charge in [-0.25, -0.2) is 8.42 Å². The molecule has 1 aliphatic carbocycles. The first-order valence-electron chi connectivity index (χ1n) is 8.71. The number of likely N-dealkylation sites (tertiary alicyclic amines) is 1. The smallest absolute Gasteiger partial charge is 0.150 e. The van der Waals surface area contributed by atoms with E-state index in [1.807, 2.05) is 0 Å². The minimum atomic E-state index is -2.85. The largest absolute Gasteiger partial charge is 0.326 e. The molecule has 1 saturated carbocycles. The summed E-state index contributed by atoms with van der Waals surface area (Å²) in [5.74, 6) is 0.548. The van der Waals surface area contributed by atoms with Crippen LogP contribution in [0.1, 0.15) is 64.7 Å². The molecule has 1 unspecified atom stereocenters. The Labute approximate surface area is 130 Å². The van der Waals surface area contributed by atoms with Crippen LogP contribution in [0.25, 0.3) is 0 Å². The first-order chi connectivity index (χ1) is 10.0. The minimum Gasteiger partial charge on any atom is -0.326 e. The Hall–Kier alpha value is -0.130. The summed E-state index contributed by atoms with van der Waals surface area (Å²) in [6, 6.07) is 0.130. The highest BCUT2D eigenvalue weighted by Crippen LogP contribution is 2.40. The lowest BCUT2D eigenvalue weighted by molar-refractivity contribution is 0.0456. The Kier molecular flexibility index (Phi) is 6.09. The molecule has 0 spiro atoms. The predicted octanol–water partition coefficient (Wildman–Crippen LogP) is 2.33. The van der Waals surface area contributed by atoms with Gasteiger partial charge in [0.25, 0.3) is 0 Å². The zero-order chi connectivity index (χ0) is 15.3. The molecule has 1 atom stereocenters. The molecule has 124 valence electrons. The van der Waals surface area contributed by atoms with Crippen molar-refractivity contribution in [1.29, 1.82) is 0 Å². The Morgan fingerprint density at radius 2 is 1.71 bits per heavy atom. The topological polar surface area (TPSA) is 63.4 Å². The van der Waals surface area contributed by atoms with Gasteiger partial charge in [0, 0.05) is 17.3 Å². The normalized spacial score (nSPS) is 25.0. The van der Waals surface area contributed by atoms with Gasteiger partial charge in [0.1, 0.15) is 9.84 Å². The monoisotopic (exact) mass is 316 g/mol. The third-order valence-electron chi connectivity index (χ3n) is 5.56. The highest BCUT2D eigenvalue weighted by molar-refractivity contribution is 7.91. The second kappa shape index (κ2) is 7.42. The molecule has 1 saturated heterocycles. The first-order valence-corrected chi connectivity index (χ1v) is 10.5. The molecule has 2 aliphatic rings. The Morgan fingerprint density at radius 3 is 2.29 bits per heavy atom. The Morgan fingerprint density at radius 1 is 1.10 bits per heavy atom. The molecular weight excluding hydrogens is 284 g/mol. The van der Waals surface area contributed by atoms with Crippen molar-refractivity contribution in [2.24, 2.45) is 5.73 Å². The van der Waals surface area contributed by atoms with Gasteiger partial charge in [-0.1, -0.05) is 26.2 Å². The number of nitrogens with two attached hydrogens (primary N) is 1. The van der Waals surface area contributed by atoms with Crippen LogP contribution in [0.2, 0.25) is 0 Å². The van der Waals surface area contributed by atoms with E-state index in [1.165, 1.54) is 58.0 Å². The quantitative estimate of drug-likeness (QED) is 0.783. The van der Waals surface area contributed by atoms with E-state index in [0.717, 1.165) is 6.42 Å². The number of piperidine rings is 1. The van der Waals surface area contributed by atoms with E-state index < -0.39 is 9.84 Å². The molecule has 0 bridgehead atoms. The van der Waals surface area contributed by atoms with E-state index in [9.17, 15) is 8.42 Å². The third kappa shape index (κ3) is 4.20. The second-order valence-electron chi connectivity index (χ2n) is 6.84. The zero-order valence-electron chi connectivity index (χ0n) is 13.5. The molecule has 2 fully saturated rings. The van der Waals surface area contributed by atoms with Crippen LogP contribution in [-0.2, 0) is 9.84 Å². The third-order valence-corrected chi connectivity index (χ3v) is 7.35. The van der Waals surface area contributed by atoms with Crippen molar-refractivity contribution in [1.82, 2.24) is 4.90 Å². The van der Waals surface area contributed by atoms with Gasteiger partial charge in [-0.15, -0.1) is 0 Å². The minimum absolute atomic E-state index is 0.130. The van der Waals surface area contributed by atoms with E-state index in [1.54, 1.807) is 6.92 Å². The molecule has 21 heavy (non-hydrogen) atoms. The number of sulfone groups is 1. The SMILES string of the molecule is CCS(=O)(=O)CCCC(N)C1(N2CCCCC2)CCCC1. The standard InChI is InChI=1S/C16H32N2O2S/c1-2-21(19,20)14-8-9-15(17)16(10-4-5-11-16)18-12-6-3-7-13-18/h15H,2-14,17H2,1H3. The molecule has 1 heterocycles.